The van der Waals surface area contributed by atoms with Crippen LogP contribution in [0.25, 0.3) is 0 Å². The van der Waals surface area contributed by atoms with Crippen LogP contribution in [0, 0.1) is 13.8 Å². The number of carbonyl (C=O) groups excluding carboxylic acids is 1. The van der Waals surface area contributed by atoms with Gasteiger partial charge in [0.1, 0.15) is 5.82 Å². The molecule has 0 spiro atoms. The van der Waals surface area contributed by atoms with E-state index in [9.17, 15) is 4.79 Å². The van der Waals surface area contributed by atoms with Crippen LogP contribution in [0.4, 0.5) is 11.5 Å². The number of benzene rings is 1. The van der Waals surface area contributed by atoms with Crippen LogP contribution in [-0.4, -0.2) is 10.9 Å². The third-order valence-corrected chi connectivity index (χ3v) is 3.39. The molecule has 0 saturated carbocycles. The summed E-state index contributed by atoms with van der Waals surface area (Å²) in [5, 5.41) is 2.85. The highest BCUT2D eigenvalue weighted by molar-refractivity contribution is 9.10. The fraction of sp³-hybridized carbons (Fsp3) is 0.143. The number of aromatic nitrogens is 1. The number of pyridine rings is 1. The number of aryl methyl sites for hydroxylation is 2. The molecular weight excluding hydrogens is 320 g/mol. The van der Waals surface area contributed by atoms with E-state index in [0.29, 0.717) is 17.1 Å². The molecule has 5 nitrogen and oxygen atoms in total. The van der Waals surface area contributed by atoms with Crippen molar-refractivity contribution in [3.8, 4) is 0 Å². The topological polar surface area (TPSA) is 80.0 Å². The monoisotopic (exact) mass is 334 g/mol. The van der Waals surface area contributed by atoms with Crippen LogP contribution in [0.5, 0.6) is 0 Å². The Bertz CT molecular complexity index is 658. The number of hydrazine groups is 1. The van der Waals surface area contributed by atoms with Gasteiger partial charge in [0.2, 0.25) is 0 Å². The minimum absolute atomic E-state index is 0.212. The van der Waals surface area contributed by atoms with Gasteiger partial charge in [-0.1, -0.05) is 6.07 Å². The van der Waals surface area contributed by atoms with Crippen LogP contribution in [0.3, 0.4) is 0 Å². The largest absolute Gasteiger partial charge is 0.321 e. The first-order valence-corrected chi connectivity index (χ1v) is 6.81. The lowest BCUT2D eigenvalue weighted by Crippen LogP contribution is -2.15. The highest BCUT2D eigenvalue weighted by atomic mass is 79.9. The van der Waals surface area contributed by atoms with E-state index in [-0.39, 0.29) is 5.91 Å². The first-order chi connectivity index (χ1) is 9.49. The molecule has 20 heavy (non-hydrogen) atoms. The van der Waals surface area contributed by atoms with Gasteiger partial charge in [0.05, 0.1) is 5.69 Å². The normalized spacial score (nSPS) is 10.2. The molecule has 0 aliphatic carbocycles. The van der Waals surface area contributed by atoms with Crippen molar-refractivity contribution in [2.45, 2.75) is 13.8 Å². The van der Waals surface area contributed by atoms with Crippen LogP contribution in [-0.2, 0) is 0 Å². The highest BCUT2D eigenvalue weighted by Crippen LogP contribution is 2.24. The third-order valence-electron chi connectivity index (χ3n) is 2.74. The summed E-state index contributed by atoms with van der Waals surface area (Å²) in [6.07, 6.45) is 0. The molecule has 0 saturated heterocycles. The van der Waals surface area contributed by atoms with Crippen LogP contribution < -0.4 is 16.6 Å². The number of nitrogens with one attached hydrogen (secondary N) is 2. The molecule has 1 amide bonds. The van der Waals surface area contributed by atoms with Crippen LogP contribution in [0.2, 0.25) is 0 Å². The van der Waals surface area contributed by atoms with E-state index in [1.165, 1.54) is 0 Å². The summed E-state index contributed by atoms with van der Waals surface area (Å²) >= 11 is 3.43. The molecule has 0 fully saturated rings. The first-order valence-electron chi connectivity index (χ1n) is 6.02. The highest BCUT2D eigenvalue weighted by Gasteiger charge is 2.10. The van der Waals surface area contributed by atoms with Crippen LogP contribution >= 0.6 is 15.9 Å². The summed E-state index contributed by atoms with van der Waals surface area (Å²) in [6.45, 7) is 3.79. The molecular formula is C14H15BrN4O. The number of carbonyl (C=O) groups is 1. The van der Waals surface area contributed by atoms with Gasteiger partial charge >= 0.3 is 0 Å². The number of halogens is 1. The molecule has 2 aromatic rings. The SMILES string of the molecule is Cc1ccc(NC(=O)c2cc(C)nc(NN)c2)c(Br)c1. The molecule has 0 unspecified atom stereocenters. The molecule has 6 heteroatoms. The van der Waals surface area contributed by atoms with Crippen molar-refractivity contribution < 1.29 is 4.79 Å². The van der Waals surface area contributed by atoms with Crippen molar-refractivity contribution in [1.29, 1.82) is 0 Å². The van der Waals surface area contributed by atoms with Gasteiger partial charge in [0.25, 0.3) is 5.91 Å². The smallest absolute Gasteiger partial charge is 0.255 e. The molecule has 104 valence electrons. The summed E-state index contributed by atoms with van der Waals surface area (Å²) in [7, 11) is 0. The molecule has 0 aliphatic rings. The number of anilines is 2. The van der Waals surface area contributed by atoms with Crippen LogP contribution in [0.15, 0.2) is 34.8 Å². The van der Waals surface area contributed by atoms with Gasteiger partial charge in [-0.05, 0) is 59.6 Å². The summed E-state index contributed by atoms with van der Waals surface area (Å²) in [6, 6.07) is 9.04. The van der Waals surface area contributed by atoms with Gasteiger partial charge in [-0.2, -0.15) is 0 Å². The summed E-state index contributed by atoms with van der Waals surface area (Å²) in [5.41, 5.74) is 5.49. The fourth-order valence-corrected chi connectivity index (χ4v) is 2.38. The number of nitrogens with zero attached hydrogens (tertiary/aromatic N) is 1. The number of hydrogen-bond acceptors (Lipinski definition) is 4. The minimum atomic E-state index is -0.212. The maximum Gasteiger partial charge on any atom is 0.255 e. The molecule has 0 radical (unpaired) electrons. The van der Waals surface area contributed by atoms with Crippen molar-refractivity contribution in [2.75, 3.05) is 10.7 Å². The Morgan fingerprint density at radius 2 is 2.00 bits per heavy atom. The molecule has 1 heterocycles. The lowest BCUT2D eigenvalue weighted by Gasteiger charge is -2.09. The van der Waals surface area contributed by atoms with E-state index in [2.05, 4.69) is 31.7 Å². The van der Waals surface area contributed by atoms with Gasteiger partial charge in [0, 0.05) is 15.7 Å². The average Bonchev–Trinajstić information content (AvgIpc) is 2.41. The molecule has 4 N–H and O–H groups in total. The van der Waals surface area contributed by atoms with Crippen molar-refractivity contribution in [2.24, 2.45) is 5.84 Å². The Morgan fingerprint density at radius 1 is 1.25 bits per heavy atom. The number of amides is 1. The van der Waals surface area contributed by atoms with E-state index in [1.54, 1.807) is 19.1 Å². The standard InChI is InChI=1S/C14H15BrN4O/c1-8-3-4-12(11(15)5-8)18-14(20)10-6-9(2)17-13(7-10)19-16/h3-7H,16H2,1-2H3,(H,17,19)(H,18,20). The maximum atomic E-state index is 12.2. The van der Waals surface area contributed by atoms with E-state index in [4.69, 9.17) is 5.84 Å². The van der Waals surface area contributed by atoms with Gasteiger partial charge < -0.3 is 10.7 Å². The van der Waals surface area contributed by atoms with Crippen molar-refractivity contribution in [1.82, 2.24) is 4.98 Å². The Labute approximate surface area is 125 Å². The van der Waals surface area contributed by atoms with Gasteiger partial charge in [-0.25, -0.2) is 10.8 Å². The van der Waals surface area contributed by atoms with Crippen molar-refractivity contribution >= 4 is 33.3 Å². The second kappa shape index (κ2) is 6.02. The van der Waals surface area contributed by atoms with E-state index >= 15 is 0 Å². The third kappa shape index (κ3) is 3.34. The lowest BCUT2D eigenvalue weighted by molar-refractivity contribution is 0.102. The molecule has 1 aromatic heterocycles. The molecule has 0 bridgehead atoms. The van der Waals surface area contributed by atoms with E-state index in [0.717, 1.165) is 15.7 Å². The zero-order valence-electron chi connectivity index (χ0n) is 11.2. The summed E-state index contributed by atoms with van der Waals surface area (Å²) in [4.78, 5) is 16.4. The first kappa shape index (κ1) is 14.5. The Morgan fingerprint density at radius 3 is 2.65 bits per heavy atom. The predicted octanol–water partition coefficient (Wildman–Crippen LogP) is 3.00. The minimum Gasteiger partial charge on any atom is -0.321 e. The van der Waals surface area contributed by atoms with E-state index in [1.807, 2.05) is 25.1 Å². The molecule has 1 aromatic carbocycles. The number of nitrogens with two attached hydrogens (primary N) is 1. The van der Waals surface area contributed by atoms with Crippen LogP contribution in [0.1, 0.15) is 21.6 Å². The Kier molecular flexibility index (Phi) is 4.36. The zero-order valence-corrected chi connectivity index (χ0v) is 12.8. The predicted molar refractivity (Wildman–Crippen MR) is 83.6 cm³/mol. The van der Waals surface area contributed by atoms with Crippen molar-refractivity contribution in [3.05, 3.63) is 51.6 Å². The molecule has 0 atom stereocenters. The van der Waals surface area contributed by atoms with Gasteiger partial charge in [0.15, 0.2) is 0 Å². The second-order valence-corrected chi connectivity index (χ2v) is 5.32. The zero-order chi connectivity index (χ0) is 14.7. The average molecular weight is 335 g/mol. The Hall–Kier alpha value is -1.92. The fourth-order valence-electron chi connectivity index (χ4n) is 1.79. The lowest BCUT2D eigenvalue weighted by atomic mass is 10.2. The number of hydrogen-bond donors (Lipinski definition) is 3. The summed E-state index contributed by atoms with van der Waals surface area (Å²) < 4.78 is 0.841. The van der Waals surface area contributed by atoms with Gasteiger partial charge in [-0.15, -0.1) is 0 Å². The Balaban J connectivity index is 2.26. The number of rotatable bonds is 3. The van der Waals surface area contributed by atoms with E-state index < -0.39 is 0 Å². The maximum absolute atomic E-state index is 12.2. The summed E-state index contributed by atoms with van der Waals surface area (Å²) in [5.74, 6) is 5.57. The van der Waals surface area contributed by atoms with Crippen molar-refractivity contribution in [3.63, 3.8) is 0 Å². The number of nitrogen functional groups attached to an aromatic ring is 1. The van der Waals surface area contributed by atoms with Gasteiger partial charge in [-0.3, -0.25) is 4.79 Å². The molecule has 0 aliphatic heterocycles. The quantitative estimate of drug-likeness (QED) is 0.595. The second-order valence-electron chi connectivity index (χ2n) is 4.46. The molecule has 2 rings (SSSR count).